The van der Waals surface area contributed by atoms with Crippen LogP contribution in [0, 0.1) is 5.41 Å². The van der Waals surface area contributed by atoms with Crippen LogP contribution in [0.3, 0.4) is 0 Å². The zero-order valence-electron chi connectivity index (χ0n) is 18.0. The Balaban J connectivity index is 0.00000324. The molecule has 3 amide bonds. The summed E-state index contributed by atoms with van der Waals surface area (Å²) in [5.74, 6) is -1.49. The zero-order valence-corrected chi connectivity index (χ0v) is 18.8. The number of nitrogens with zero attached hydrogens (tertiary/aromatic N) is 2. The molecule has 0 aliphatic carbocycles. The molecular weight excluding hydrogens is 466 g/mol. The third-order valence-electron chi connectivity index (χ3n) is 5.35. The lowest BCUT2D eigenvalue weighted by Crippen LogP contribution is -2.55. The molecule has 34 heavy (non-hydrogen) atoms. The van der Waals surface area contributed by atoms with Gasteiger partial charge in [-0.25, -0.2) is 4.79 Å². The number of cyclic esters (lactones) is 1. The molecule has 2 fully saturated rings. The number of anilines is 3. The number of benzene rings is 2. The number of nitrogens with one attached hydrogen (secondary N) is 2. The van der Waals surface area contributed by atoms with Gasteiger partial charge in [-0.15, -0.1) is 12.4 Å². The maximum atomic E-state index is 13.1. The normalized spacial score (nSPS) is 18.7. The summed E-state index contributed by atoms with van der Waals surface area (Å²) in [6, 6.07) is 13.0. The average Bonchev–Trinajstić information content (AvgIpc) is 3.25. The Hall–Kier alpha value is -3.67. The largest absolute Gasteiger partial charge is 0.447 e. The molecule has 2 aromatic rings. The van der Waals surface area contributed by atoms with Gasteiger partial charge in [0.2, 0.25) is 0 Å². The zero-order chi connectivity index (χ0) is 23.5. The predicted molar refractivity (Wildman–Crippen MR) is 127 cm³/mol. The quantitative estimate of drug-likeness (QED) is 0.349. The van der Waals surface area contributed by atoms with Gasteiger partial charge in [0.1, 0.15) is 12.4 Å². The van der Waals surface area contributed by atoms with Crippen LogP contribution in [-0.2, 0) is 19.1 Å². The number of nitrogens with two attached hydrogens (primary N) is 1. The molecule has 12 heteroatoms. The maximum Gasteiger partial charge on any atom is 0.414 e. The number of amidine groups is 1. The van der Waals surface area contributed by atoms with Gasteiger partial charge in [-0.1, -0.05) is 6.07 Å². The van der Waals surface area contributed by atoms with E-state index in [0.717, 1.165) is 0 Å². The summed E-state index contributed by atoms with van der Waals surface area (Å²) in [4.78, 5) is 40.3. The minimum atomic E-state index is -1.75. The Morgan fingerprint density at radius 3 is 2.35 bits per heavy atom. The fraction of sp³-hybridized carbons (Fsp3) is 0.273. The molecular formula is C22H24ClN5O6. The number of hydrogen-bond donors (Lipinski definition) is 4. The van der Waals surface area contributed by atoms with E-state index in [1.807, 2.05) is 0 Å². The minimum Gasteiger partial charge on any atom is -0.447 e. The number of carbonyl (C=O) groups is 3. The standard InChI is InChI=1S/C22H23N5O6.ClH/c23-19(24)13-4-6-14(7-5-13)25-20(29)17(28)18-21(30)26(8-10-32-18)15-2-1-3-16(12-15)27-9-11-33-22(27)31;/h1-7,12,17-18,28H,8-11H2,(H3,23,24)(H,25,29);1H/t17?,18-;/m1./s1. The molecule has 1 unspecified atom stereocenters. The van der Waals surface area contributed by atoms with Gasteiger partial charge in [0, 0.05) is 29.2 Å². The van der Waals surface area contributed by atoms with Crippen LogP contribution in [0.4, 0.5) is 21.9 Å². The van der Waals surface area contributed by atoms with Crippen LogP contribution < -0.4 is 20.9 Å². The molecule has 180 valence electrons. The summed E-state index contributed by atoms with van der Waals surface area (Å²) in [6.07, 6.45) is -3.60. The van der Waals surface area contributed by atoms with Crippen LogP contribution in [0.5, 0.6) is 0 Å². The molecule has 2 aromatic carbocycles. The summed E-state index contributed by atoms with van der Waals surface area (Å²) < 4.78 is 10.4. The van der Waals surface area contributed by atoms with Crippen LogP contribution in [-0.4, -0.2) is 67.4 Å². The fourth-order valence-corrected chi connectivity index (χ4v) is 3.63. The Morgan fingerprint density at radius 2 is 1.74 bits per heavy atom. The SMILES string of the molecule is Cl.N=C(N)c1ccc(NC(=O)C(O)[C@H]2OCCN(c3cccc(N4CCOC4=O)c3)C2=O)cc1. The summed E-state index contributed by atoms with van der Waals surface area (Å²) in [7, 11) is 0. The summed E-state index contributed by atoms with van der Waals surface area (Å²) in [5, 5.41) is 20.5. The number of ether oxygens (including phenoxy) is 2. The van der Waals surface area contributed by atoms with Crippen molar-refractivity contribution in [1.29, 1.82) is 5.41 Å². The van der Waals surface area contributed by atoms with E-state index in [1.54, 1.807) is 36.4 Å². The van der Waals surface area contributed by atoms with Gasteiger partial charge in [-0.3, -0.25) is 19.9 Å². The van der Waals surface area contributed by atoms with Crippen molar-refractivity contribution in [2.75, 3.05) is 41.4 Å². The van der Waals surface area contributed by atoms with Crippen LogP contribution in [0.1, 0.15) is 5.56 Å². The van der Waals surface area contributed by atoms with Gasteiger partial charge in [-0.2, -0.15) is 0 Å². The van der Waals surface area contributed by atoms with Crippen molar-refractivity contribution < 1.29 is 29.0 Å². The van der Waals surface area contributed by atoms with Crippen molar-refractivity contribution in [3.63, 3.8) is 0 Å². The highest BCUT2D eigenvalue weighted by Gasteiger charge is 2.39. The van der Waals surface area contributed by atoms with Crippen LogP contribution >= 0.6 is 12.4 Å². The van der Waals surface area contributed by atoms with Crippen molar-refractivity contribution in [2.24, 2.45) is 5.73 Å². The van der Waals surface area contributed by atoms with Gasteiger partial charge in [0.25, 0.3) is 11.8 Å². The Morgan fingerprint density at radius 1 is 1.09 bits per heavy atom. The third-order valence-corrected chi connectivity index (χ3v) is 5.35. The molecule has 5 N–H and O–H groups in total. The van der Waals surface area contributed by atoms with Crippen molar-refractivity contribution in [1.82, 2.24) is 0 Å². The maximum absolute atomic E-state index is 13.1. The summed E-state index contributed by atoms with van der Waals surface area (Å²) in [6.45, 7) is 1.04. The van der Waals surface area contributed by atoms with Crippen molar-refractivity contribution >= 4 is 53.2 Å². The lowest BCUT2D eigenvalue weighted by Gasteiger charge is -2.34. The minimum absolute atomic E-state index is 0. The second-order valence-corrected chi connectivity index (χ2v) is 7.49. The number of amides is 3. The van der Waals surface area contributed by atoms with Gasteiger partial charge in [0.05, 0.1) is 13.2 Å². The fourth-order valence-electron chi connectivity index (χ4n) is 3.63. The van der Waals surface area contributed by atoms with Gasteiger partial charge in [0.15, 0.2) is 12.2 Å². The van der Waals surface area contributed by atoms with Crippen molar-refractivity contribution in [3.8, 4) is 0 Å². The van der Waals surface area contributed by atoms with E-state index in [2.05, 4.69) is 5.32 Å². The summed E-state index contributed by atoms with van der Waals surface area (Å²) >= 11 is 0. The second-order valence-electron chi connectivity index (χ2n) is 7.49. The monoisotopic (exact) mass is 489 g/mol. The molecule has 0 radical (unpaired) electrons. The molecule has 2 aliphatic heterocycles. The number of carbonyl (C=O) groups excluding carboxylic acids is 3. The lowest BCUT2D eigenvalue weighted by atomic mass is 10.1. The van der Waals surface area contributed by atoms with Crippen LogP contribution in [0.25, 0.3) is 0 Å². The molecule has 0 saturated carbocycles. The molecule has 4 rings (SSSR count). The van der Waals surface area contributed by atoms with Gasteiger partial charge >= 0.3 is 6.09 Å². The topological polar surface area (TPSA) is 158 Å². The number of halogens is 1. The van der Waals surface area contributed by atoms with Gasteiger partial charge < -0.3 is 30.5 Å². The predicted octanol–water partition coefficient (Wildman–Crippen LogP) is 1.08. The molecule has 2 aliphatic rings. The first kappa shape index (κ1) is 25.0. The Labute approximate surface area is 201 Å². The number of hydrogen-bond acceptors (Lipinski definition) is 7. The number of rotatable bonds is 6. The molecule has 2 atom stereocenters. The van der Waals surface area contributed by atoms with E-state index in [-0.39, 0.29) is 31.4 Å². The highest BCUT2D eigenvalue weighted by atomic mass is 35.5. The van der Waals surface area contributed by atoms with Crippen molar-refractivity contribution in [2.45, 2.75) is 12.2 Å². The summed E-state index contributed by atoms with van der Waals surface area (Å²) in [5.41, 5.74) is 7.36. The number of aliphatic hydroxyl groups is 1. The van der Waals surface area contributed by atoms with E-state index < -0.39 is 30.1 Å². The smallest absolute Gasteiger partial charge is 0.414 e. The lowest BCUT2D eigenvalue weighted by molar-refractivity contribution is -0.150. The van der Waals surface area contributed by atoms with E-state index in [4.69, 9.17) is 20.6 Å². The molecule has 0 spiro atoms. The van der Waals surface area contributed by atoms with Crippen LogP contribution in [0.15, 0.2) is 48.5 Å². The van der Waals surface area contributed by atoms with E-state index in [9.17, 15) is 19.5 Å². The molecule has 0 bridgehead atoms. The Bertz CT molecular complexity index is 1100. The molecule has 11 nitrogen and oxygen atoms in total. The van der Waals surface area contributed by atoms with Crippen molar-refractivity contribution in [3.05, 3.63) is 54.1 Å². The average molecular weight is 490 g/mol. The first-order chi connectivity index (χ1) is 15.8. The number of aliphatic hydroxyl groups excluding tert-OH is 1. The van der Waals surface area contributed by atoms with E-state index >= 15 is 0 Å². The first-order valence-corrected chi connectivity index (χ1v) is 10.3. The molecule has 2 saturated heterocycles. The number of nitrogen functional groups attached to an aromatic ring is 1. The van der Waals surface area contributed by atoms with Gasteiger partial charge in [-0.05, 0) is 42.5 Å². The Kier molecular flexibility index (Phi) is 7.72. The van der Waals surface area contributed by atoms with E-state index in [0.29, 0.717) is 35.8 Å². The third kappa shape index (κ3) is 5.11. The molecule has 2 heterocycles. The molecule has 0 aromatic heterocycles. The first-order valence-electron chi connectivity index (χ1n) is 10.3. The van der Waals surface area contributed by atoms with E-state index in [1.165, 1.54) is 21.9 Å². The highest BCUT2D eigenvalue weighted by Crippen LogP contribution is 2.27. The number of morpholine rings is 1. The second kappa shape index (κ2) is 10.5. The highest BCUT2D eigenvalue weighted by molar-refractivity contribution is 6.04. The van der Waals surface area contributed by atoms with Crippen LogP contribution in [0.2, 0.25) is 0 Å².